The van der Waals surface area contributed by atoms with E-state index >= 15 is 0 Å². The summed E-state index contributed by atoms with van der Waals surface area (Å²) >= 11 is 6.37. The molecule has 0 aliphatic carbocycles. The van der Waals surface area contributed by atoms with Crippen molar-refractivity contribution in [2.45, 2.75) is 25.9 Å². The molecule has 212 valence electrons. The zero-order chi connectivity index (χ0) is 28.5. The van der Waals surface area contributed by atoms with Crippen LogP contribution >= 0.6 is 24.0 Å². The van der Waals surface area contributed by atoms with Gasteiger partial charge in [0.05, 0.1) is 28.8 Å². The number of carbonyl (C=O) groups is 2. The highest BCUT2D eigenvalue weighted by Crippen LogP contribution is 2.53. The molecule has 41 heavy (non-hydrogen) atoms. The number of benzene rings is 2. The molecular weight excluding hydrogens is 560 g/mol. The first-order valence-electron chi connectivity index (χ1n) is 13.6. The molecule has 2 aromatic carbocycles. The maximum absolute atomic E-state index is 13.9. The van der Waals surface area contributed by atoms with E-state index in [0.29, 0.717) is 20.5 Å². The van der Waals surface area contributed by atoms with Crippen LogP contribution in [0.1, 0.15) is 30.5 Å². The van der Waals surface area contributed by atoms with E-state index in [-0.39, 0.29) is 18.6 Å². The number of amides is 2. The zero-order valence-corrected chi connectivity index (χ0v) is 24.7. The van der Waals surface area contributed by atoms with E-state index in [4.69, 9.17) is 26.4 Å². The van der Waals surface area contributed by atoms with Gasteiger partial charge in [-0.2, -0.15) is 0 Å². The molecule has 0 bridgehead atoms. The first kappa shape index (κ1) is 26.5. The van der Waals surface area contributed by atoms with Crippen molar-refractivity contribution in [3.63, 3.8) is 0 Å². The molecular formula is C30H30N4O5S2. The van der Waals surface area contributed by atoms with Gasteiger partial charge in [0.1, 0.15) is 10.1 Å². The zero-order valence-electron chi connectivity index (χ0n) is 23.1. The number of carbonyl (C=O) groups excluding carboxylic acids is 2. The van der Waals surface area contributed by atoms with Crippen molar-refractivity contribution < 1.29 is 23.8 Å². The summed E-state index contributed by atoms with van der Waals surface area (Å²) in [6.07, 6.45) is 2.19. The van der Waals surface area contributed by atoms with Gasteiger partial charge in [-0.3, -0.25) is 24.3 Å². The number of thioether (sulfide) groups is 1. The summed E-state index contributed by atoms with van der Waals surface area (Å²) in [4.78, 5) is 33.8. The molecule has 7 rings (SSSR count). The number of methoxy groups -OCH3 is 1. The standard InChI is InChI=1S/C30H30N4O5S2/c1-30(2)13-18(15-33-8-6-32(7-9-33)14-17-4-5-22-23(10-17)39-16-38-22)20-11-19(37-3)12-21-24(28(36)34(30)25(20)21)26-27(35)31-29(40)41-26/h4-5,10-13H,6-9,14-16H2,1-3H3,(H,31,35,40). The van der Waals surface area contributed by atoms with Crippen LogP contribution in [0.3, 0.4) is 0 Å². The maximum Gasteiger partial charge on any atom is 0.264 e. The molecule has 1 N–H and O–H groups in total. The van der Waals surface area contributed by atoms with Gasteiger partial charge < -0.3 is 19.5 Å². The number of thiocarbonyl (C=S) groups is 1. The predicted octanol–water partition coefficient (Wildman–Crippen LogP) is 3.62. The Labute approximate surface area is 248 Å². The van der Waals surface area contributed by atoms with Crippen molar-refractivity contribution in [2.75, 3.05) is 51.5 Å². The maximum atomic E-state index is 13.9. The summed E-state index contributed by atoms with van der Waals surface area (Å²) in [5.41, 5.74) is 4.72. The van der Waals surface area contributed by atoms with Crippen LogP contribution < -0.4 is 24.4 Å². The third-order valence-corrected chi connectivity index (χ3v) is 9.46. The smallest absolute Gasteiger partial charge is 0.264 e. The van der Waals surface area contributed by atoms with Gasteiger partial charge in [-0.25, -0.2) is 0 Å². The number of hydrogen-bond acceptors (Lipinski definition) is 9. The molecule has 0 radical (unpaired) electrons. The number of anilines is 1. The Balaban J connectivity index is 1.15. The van der Waals surface area contributed by atoms with E-state index < -0.39 is 5.54 Å². The molecule has 2 amide bonds. The van der Waals surface area contributed by atoms with Gasteiger partial charge >= 0.3 is 0 Å². The Morgan fingerprint density at radius 3 is 2.41 bits per heavy atom. The molecule has 0 spiro atoms. The van der Waals surface area contributed by atoms with Gasteiger partial charge in [0.25, 0.3) is 11.8 Å². The monoisotopic (exact) mass is 590 g/mol. The van der Waals surface area contributed by atoms with Crippen LogP contribution in [-0.4, -0.2) is 78.1 Å². The minimum atomic E-state index is -0.577. The van der Waals surface area contributed by atoms with Crippen molar-refractivity contribution in [2.24, 2.45) is 0 Å². The number of piperazine rings is 1. The fourth-order valence-electron chi connectivity index (χ4n) is 6.32. The lowest BCUT2D eigenvalue weighted by molar-refractivity contribution is -0.116. The van der Waals surface area contributed by atoms with Gasteiger partial charge in [-0.05, 0) is 49.2 Å². The van der Waals surface area contributed by atoms with Crippen LogP contribution in [-0.2, 0) is 16.1 Å². The molecule has 9 nitrogen and oxygen atoms in total. The Morgan fingerprint density at radius 2 is 1.71 bits per heavy atom. The molecule has 5 aliphatic heterocycles. The minimum Gasteiger partial charge on any atom is -0.497 e. The lowest BCUT2D eigenvalue weighted by atomic mass is 9.87. The van der Waals surface area contributed by atoms with E-state index in [0.717, 1.165) is 84.9 Å². The second kappa shape index (κ2) is 9.87. The van der Waals surface area contributed by atoms with Gasteiger partial charge in [0.15, 0.2) is 11.5 Å². The summed E-state index contributed by atoms with van der Waals surface area (Å²) < 4.78 is 17.0. The van der Waals surface area contributed by atoms with E-state index in [1.165, 1.54) is 5.56 Å². The Morgan fingerprint density at radius 1 is 1.00 bits per heavy atom. The summed E-state index contributed by atoms with van der Waals surface area (Å²) in [6, 6.07) is 10.0. The minimum absolute atomic E-state index is 0.186. The first-order chi connectivity index (χ1) is 19.7. The van der Waals surface area contributed by atoms with Crippen LogP contribution in [0.5, 0.6) is 17.2 Å². The van der Waals surface area contributed by atoms with Crippen molar-refractivity contribution in [1.29, 1.82) is 0 Å². The quantitative estimate of drug-likeness (QED) is 0.415. The molecule has 0 saturated carbocycles. The number of hydrogen-bond donors (Lipinski definition) is 1. The van der Waals surface area contributed by atoms with Gasteiger partial charge in [0.2, 0.25) is 6.79 Å². The molecule has 2 fully saturated rings. The van der Waals surface area contributed by atoms with Gasteiger partial charge in [-0.1, -0.05) is 36.1 Å². The van der Waals surface area contributed by atoms with E-state index in [2.05, 4.69) is 33.3 Å². The Bertz CT molecular complexity index is 1570. The normalized spacial score (nSPS) is 23.1. The number of ether oxygens (including phenoxy) is 3. The molecule has 0 atom stereocenters. The molecule has 5 aliphatic rings. The van der Waals surface area contributed by atoms with E-state index in [1.54, 1.807) is 7.11 Å². The second-order valence-electron chi connectivity index (χ2n) is 11.3. The van der Waals surface area contributed by atoms with Crippen LogP contribution in [0.25, 0.3) is 11.1 Å². The summed E-state index contributed by atoms with van der Waals surface area (Å²) in [5.74, 6) is 1.76. The van der Waals surface area contributed by atoms with Crippen molar-refractivity contribution in [1.82, 2.24) is 15.1 Å². The third kappa shape index (κ3) is 4.51. The molecule has 5 heterocycles. The van der Waals surface area contributed by atoms with Crippen LogP contribution in [0.15, 0.2) is 41.3 Å². The van der Waals surface area contributed by atoms with E-state index in [9.17, 15) is 9.59 Å². The fourth-order valence-corrected chi connectivity index (χ4v) is 7.44. The largest absolute Gasteiger partial charge is 0.497 e. The molecule has 2 aromatic rings. The van der Waals surface area contributed by atoms with E-state index in [1.807, 2.05) is 36.9 Å². The lowest BCUT2D eigenvalue weighted by Crippen LogP contribution is -2.49. The molecule has 0 aromatic heterocycles. The summed E-state index contributed by atoms with van der Waals surface area (Å²) in [7, 11) is 1.62. The number of nitrogens with zero attached hydrogens (tertiary/aromatic N) is 3. The van der Waals surface area contributed by atoms with Crippen LogP contribution in [0.2, 0.25) is 0 Å². The average Bonchev–Trinajstić information content (AvgIpc) is 3.62. The van der Waals surface area contributed by atoms with Crippen molar-refractivity contribution in [3.05, 3.63) is 58.0 Å². The average molecular weight is 591 g/mol. The first-order valence-corrected chi connectivity index (χ1v) is 14.8. The molecule has 11 heteroatoms. The van der Waals surface area contributed by atoms with Gasteiger partial charge in [-0.15, -0.1) is 0 Å². The summed E-state index contributed by atoms with van der Waals surface area (Å²) in [6.45, 7) is 9.77. The highest BCUT2D eigenvalue weighted by atomic mass is 32.2. The highest BCUT2D eigenvalue weighted by Gasteiger charge is 2.48. The number of rotatable bonds is 5. The third-order valence-electron chi connectivity index (χ3n) is 8.22. The van der Waals surface area contributed by atoms with Crippen LogP contribution in [0.4, 0.5) is 5.69 Å². The SMILES string of the molecule is COc1cc2c3c(c1)C(=C1SC(=S)NC1=O)C(=O)N3C(C)(C)C=C2CN1CCN(Cc2ccc3c(c2)OCO3)CC1. The topological polar surface area (TPSA) is 83.6 Å². The van der Waals surface area contributed by atoms with Crippen molar-refractivity contribution >= 4 is 56.9 Å². The highest BCUT2D eigenvalue weighted by molar-refractivity contribution is 8.27. The Hall–Kier alpha value is -3.38. The molecule has 2 saturated heterocycles. The van der Waals surface area contributed by atoms with Crippen molar-refractivity contribution in [3.8, 4) is 17.2 Å². The van der Waals surface area contributed by atoms with Crippen LogP contribution in [0, 0.1) is 0 Å². The number of fused-ring (bicyclic) bond motifs is 1. The second-order valence-corrected chi connectivity index (χ2v) is 13.0. The predicted molar refractivity (Wildman–Crippen MR) is 162 cm³/mol. The lowest BCUT2D eigenvalue weighted by Gasteiger charge is -2.41. The number of nitrogens with one attached hydrogen (secondary N) is 1. The van der Waals surface area contributed by atoms with Gasteiger partial charge in [0, 0.05) is 50.4 Å². The summed E-state index contributed by atoms with van der Waals surface area (Å²) in [5, 5.41) is 2.66. The Kier molecular flexibility index (Phi) is 6.38. The molecule has 0 unspecified atom stereocenters. The fraction of sp³-hybridized carbons (Fsp3) is 0.367.